The van der Waals surface area contributed by atoms with E-state index in [1.54, 1.807) is 52.0 Å². The summed E-state index contributed by atoms with van der Waals surface area (Å²) in [5, 5.41) is 12.6. The predicted molar refractivity (Wildman–Crippen MR) is 332 cm³/mol. The molecule has 2 heterocycles. The van der Waals surface area contributed by atoms with E-state index in [0.717, 1.165) is 49.7 Å². The van der Waals surface area contributed by atoms with Crippen LogP contribution in [0, 0.1) is 10.8 Å². The van der Waals surface area contributed by atoms with Crippen LogP contribution in [0.2, 0.25) is 0 Å². The van der Waals surface area contributed by atoms with E-state index in [-0.39, 0.29) is 46.5 Å². The topological polar surface area (TPSA) is 207 Å². The number of nitrogens with zero attached hydrogens (tertiary/aromatic N) is 4. The predicted octanol–water partition coefficient (Wildman–Crippen LogP) is 14.4. The Kier molecular flexibility index (Phi) is 22.9. The van der Waals surface area contributed by atoms with Gasteiger partial charge in [0.1, 0.15) is 71.3 Å². The smallest absolute Gasteiger partial charge is 0.338 e. The van der Waals surface area contributed by atoms with Crippen LogP contribution in [-0.4, -0.2) is 116 Å². The molecule has 2 aliphatic rings. The minimum atomic E-state index is -1.63. The first-order chi connectivity index (χ1) is 40.0. The molecule has 2 fully saturated rings. The Labute approximate surface area is 523 Å². The summed E-state index contributed by atoms with van der Waals surface area (Å²) >= 11 is 6.63. The molecule has 0 aliphatic carbocycles. The maximum atomic E-state index is 14.2. The highest BCUT2D eigenvalue weighted by atomic mass is 79.9. The van der Waals surface area contributed by atoms with E-state index in [1.165, 1.54) is 38.1 Å². The number of alkyl halides is 2. The van der Waals surface area contributed by atoms with E-state index >= 15 is 0 Å². The maximum absolute atomic E-state index is 14.2. The van der Waals surface area contributed by atoms with Crippen LogP contribution in [0.5, 0.6) is 0 Å². The minimum Gasteiger partial charge on any atom is -0.463 e. The SMILES string of the molecule is CC(C)(Br)C(=O)OCC(C)(COC(=O)c1ccc(N=Nc2ccc(C(=O)OCC(C)(COC(=O)C(C)(C)Br)C(=O)OCC(ON3C(C)(C)CCCC3(C)C)c3ccccc3)cc2)cc1)C(=O)OCC(ON1C(C)(C)CCCC1(C)C)c1ccccc1. The molecule has 4 unspecified atom stereocenters. The summed E-state index contributed by atoms with van der Waals surface area (Å²) in [5.41, 5.74) is -1.83. The van der Waals surface area contributed by atoms with Crippen molar-refractivity contribution in [2.75, 3.05) is 39.6 Å². The molecule has 6 rings (SSSR count). The summed E-state index contributed by atoms with van der Waals surface area (Å²) < 4.78 is 32.5. The first-order valence-electron chi connectivity index (χ1n) is 29.1. The fourth-order valence-electron chi connectivity index (χ4n) is 10.3. The van der Waals surface area contributed by atoms with Crippen molar-refractivity contribution in [1.82, 2.24) is 10.1 Å². The lowest BCUT2D eigenvalue weighted by atomic mass is 9.82. The normalized spacial score (nSPS) is 18.9. The summed E-state index contributed by atoms with van der Waals surface area (Å²) in [4.78, 5) is 94.8. The van der Waals surface area contributed by atoms with E-state index in [0.29, 0.717) is 11.4 Å². The Bertz CT molecular complexity index is 2760. The Morgan fingerprint density at radius 1 is 0.430 bits per heavy atom. The zero-order chi connectivity index (χ0) is 63.5. The molecule has 18 nitrogen and oxygen atoms in total. The maximum Gasteiger partial charge on any atom is 0.338 e. The fraction of sp³-hybridized carbons (Fsp3) is 0.545. The van der Waals surface area contributed by atoms with Gasteiger partial charge in [-0.3, -0.25) is 28.9 Å². The van der Waals surface area contributed by atoms with E-state index in [1.807, 2.05) is 70.8 Å². The van der Waals surface area contributed by atoms with Crippen molar-refractivity contribution in [3.8, 4) is 0 Å². The Balaban J connectivity index is 1.08. The van der Waals surface area contributed by atoms with Gasteiger partial charge in [0.2, 0.25) is 0 Å². The highest BCUT2D eigenvalue weighted by Crippen LogP contribution is 2.43. The third kappa shape index (κ3) is 18.8. The summed E-state index contributed by atoms with van der Waals surface area (Å²) in [7, 11) is 0. The molecule has 0 N–H and O–H groups in total. The lowest BCUT2D eigenvalue weighted by Gasteiger charge is -2.52. The largest absolute Gasteiger partial charge is 0.463 e. The lowest BCUT2D eigenvalue weighted by Crippen LogP contribution is -2.58. The number of halogens is 2. The van der Waals surface area contributed by atoms with Crippen LogP contribution in [-0.2, 0) is 57.3 Å². The molecule has 0 bridgehead atoms. The average molecular weight is 1320 g/mol. The van der Waals surface area contributed by atoms with E-state index in [4.69, 9.17) is 38.1 Å². The highest BCUT2D eigenvalue weighted by Gasteiger charge is 2.47. The zero-order valence-corrected chi connectivity index (χ0v) is 55.5. The van der Waals surface area contributed by atoms with Crippen LogP contribution in [0.25, 0.3) is 0 Å². The second-order valence-electron chi connectivity index (χ2n) is 26.4. The molecule has 0 radical (unpaired) electrons. The number of ether oxygens (including phenoxy) is 6. The van der Waals surface area contributed by atoms with Crippen molar-refractivity contribution in [2.45, 2.75) is 178 Å². The Morgan fingerprint density at radius 2 is 0.721 bits per heavy atom. The van der Waals surface area contributed by atoms with Gasteiger partial charge in [0.15, 0.2) is 0 Å². The van der Waals surface area contributed by atoms with Gasteiger partial charge in [0.25, 0.3) is 0 Å². The van der Waals surface area contributed by atoms with Gasteiger partial charge < -0.3 is 28.4 Å². The highest BCUT2D eigenvalue weighted by molar-refractivity contribution is 9.10. The lowest BCUT2D eigenvalue weighted by molar-refractivity contribution is -0.312. The minimum absolute atomic E-state index is 0.145. The van der Waals surface area contributed by atoms with Gasteiger partial charge in [-0.25, -0.2) is 9.59 Å². The number of azo groups is 1. The average Bonchev–Trinajstić information content (AvgIpc) is 1.21. The first kappa shape index (κ1) is 69.2. The van der Waals surface area contributed by atoms with Crippen molar-refractivity contribution in [1.29, 1.82) is 0 Å². The molecule has 2 aliphatic heterocycles. The van der Waals surface area contributed by atoms with Gasteiger partial charge in [-0.15, -0.1) is 0 Å². The summed E-state index contributed by atoms with van der Waals surface area (Å²) in [5.74, 6) is -4.31. The number of rotatable bonds is 26. The molecule has 2 saturated heterocycles. The van der Waals surface area contributed by atoms with Gasteiger partial charge in [-0.1, -0.05) is 92.5 Å². The number of piperidine rings is 2. The summed E-state index contributed by atoms with van der Waals surface area (Å²) in [6.07, 6.45) is 4.38. The monoisotopic (exact) mass is 1320 g/mol. The van der Waals surface area contributed by atoms with Crippen LogP contribution in [0.15, 0.2) is 119 Å². The summed E-state index contributed by atoms with van der Waals surface area (Å²) in [6, 6.07) is 31.1. The molecule has 0 saturated carbocycles. The Morgan fingerprint density at radius 3 is 1.01 bits per heavy atom. The fourth-order valence-corrected chi connectivity index (χ4v) is 10.5. The van der Waals surface area contributed by atoms with Crippen molar-refractivity contribution in [3.63, 3.8) is 0 Å². The third-order valence-electron chi connectivity index (χ3n) is 15.4. The van der Waals surface area contributed by atoms with Crippen LogP contribution in [0.4, 0.5) is 11.4 Å². The molecule has 4 aromatic carbocycles. The molecule has 0 aromatic heterocycles. The van der Waals surface area contributed by atoms with Crippen LogP contribution < -0.4 is 0 Å². The molecular formula is C66H86Br2N4O14. The standard InChI is InChI=1S/C66H86Br2N4O14/c1-59(2)35-21-36-60(3,4)71(59)85-51(45-23-17-15-18-24-45)39-79-57(77)65(13,43-83-55(75)63(9,10)67)41-81-53(73)47-27-31-49(32-28-47)69-70-50-33-29-48(30-34-50)54(74)82-42-66(14,44-84-56(76)64(11,12)68)58(78)80-40-52(46-25-19-16-20-26-46)86-72-61(5,6)37-22-38-62(72,7)8/h15-20,23-34,51-52H,21-22,35-44H2,1-14H3. The molecule has 468 valence electrons. The van der Waals surface area contributed by atoms with Gasteiger partial charge in [-0.05, 0) is 195 Å². The van der Waals surface area contributed by atoms with Crippen LogP contribution in [0.3, 0.4) is 0 Å². The van der Waals surface area contributed by atoms with Gasteiger partial charge in [0.05, 0.1) is 22.5 Å². The van der Waals surface area contributed by atoms with Crippen molar-refractivity contribution in [3.05, 3.63) is 131 Å². The van der Waals surface area contributed by atoms with Gasteiger partial charge in [-0.2, -0.15) is 20.4 Å². The number of hydrogen-bond acceptors (Lipinski definition) is 18. The van der Waals surface area contributed by atoms with Crippen molar-refractivity contribution in [2.24, 2.45) is 21.1 Å². The molecule has 86 heavy (non-hydrogen) atoms. The van der Waals surface area contributed by atoms with Crippen molar-refractivity contribution >= 4 is 79.1 Å². The molecule has 0 spiro atoms. The van der Waals surface area contributed by atoms with Gasteiger partial charge in [0, 0.05) is 22.2 Å². The van der Waals surface area contributed by atoms with E-state index in [9.17, 15) is 28.8 Å². The molecule has 20 heteroatoms. The second-order valence-corrected chi connectivity index (χ2v) is 30.4. The third-order valence-corrected chi connectivity index (χ3v) is 16.1. The number of benzene rings is 4. The number of esters is 6. The van der Waals surface area contributed by atoms with E-state index < -0.39 is 93.9 Å². The van der Waals surface area contributed by atoms with Gasteiger partial charge >= 0.3 is 35.8 Å². The first-order valence-corrected chi connectivity index (χ1v) is 30.7. The van der Waals surface area contributed by atoms with Crippen LogP contribution in [0.1, 0.15) is 180 Å². The Hall–Kier alpha value is -5.90. The van der Waals surface area contributed by atoms with Crippen molar-refractivity contribution < 1.29 is 66.9 Å². The summed E-state index contributed by atoms with van der Waals surface area (Å²) in [6.45, 7) is 24.2. The number of carbonyl (C=O) groups is 6. The van der Waals surface area contributed by atoms with E-state index in [2.05, 4.69) is 97.5 Å². The number of carbonyl (C=O) groups excluding carboxylic acids is 6. The molecule has 0 amide bonds. The second kappa shape index (κ2) is 28.5. The zero-order valence-electron chi connectivity index (χ0n) is 52.3. The molecule has 4 aromatic rings. The number of hydrogen-bond donors (Lipinski definition) is 0. The molecule has 4 atom stereocenters. The number of hydroxylamine groups is 4. The van der Waals surface area contributed by atoms with Crippen LogP contribution >= 0.6 is 31.9 Å². The molecular weight excluding hydrogens is 1230 g/mol. The quantitative estimate of drug-likeness (QED) is 0.0248.